The Bertz CT molecular complexity index is 776. The van der Waals surface area contributed by atoms with E-state index in [1.165, 1.54) is 0 Å². The summed E-state index contributed by atoms with van der Waals surface area (Å²) in [5, 5.41) is 5.92. The molecule has 0 saturated carbocycles. The van der Waals surface area contributed by atoms with Gasteiger partial charge in [-0.2, -0.15) is 0 Å². The molecule has 1 amide bonds. The molecule has 0 unspecified atom stereocenters. The summed E-state index contributed by atoms with van der Waals surface area (Å²) in [5.41, 5.74) is 1.27. The lowest BCUT2D eigenvalue weighted by molar-refractivity contribution is 0.0977. The topological polar surface area (TPSA) is 59.6 Å². The van der Waals surface area contributed by atoms with Crippen molar-refractivity contribution < 1.29 is 14.3 Å². The largest absolute Gasteiger partial charge is 0.494 e. The number of ether oxygens (including phenoxy) is 2. The maximum atomic E-state index is 12.4. The van der Waals surface area contributed by atoms with Crippen LogP contribution in [0.4, 0.5) is 5.69 Å². The summed E-state index contributed by atoms with van der Waals surface area (Å²) < 4.78 is 11.3. The molecule has 6 heteroatoms. The fourth-order valence-electron chi connectivity index (χ4n) is 2.33. The summed E-state index contributed by atoms with van der Waals surface area (Å²) in [6.45, 7) is 7.66. The van der Waals surface area contributed by atoms with Crippen molar-refractivity contribution in [3.63, 3.8) is 0 Å². The molecular formula is C22H28N2O3S. The quantitative estimate of drug-likeness (QED) is 0.578. The number of carbonyl (C=O) groups excluding carboxylic acids is 1. The lowest BCUT2D eigenvalue weighted by Crippen LogP contribution is -2.34. The molecule has 2 aromatic carbocycles. The second-order valence-corrected chi connectivity index (χ2v) is 7.25. The minimum atomic E-state index is -0.283. The van der Waals surface area contributed by atoms with Crippen molar-refractivity contribution in [3.8, 4) is 11.5 Å². The van der Waals surface area contributed by atoms with Crippen molar-refractivity contribution in [2.75, 3.05) is 18.5 Å². The fraction of sp³-hybridized carbons (Fsp3) is 0.364. The molecule has 0 saturated heterocycles. The number of nitrogens with one attached hydrogen (secondary N) is 2. The molecule has 2 aromatic rings. The van der Waals surface area contributed by atoms with Gasteiger partial charge in [-0.05, 0) is 73.4 Å². The van der Waals surface area contributed by atoms with Crippen LogP contribution in [-0.2, 0) is 0 Å². The van der Waals surface area contributed by atoms with Crippen LogP contribution in [0.3, 0.4) is 0 Å². The fourth-order valence-corrected chi connectivity index (χ4v) is 2.54. The SMILES string of the molecule is CCCOc1ccc(NC(=S)NC(=O)c2cccc(OCCC(C)C)c2)cc1. The molecule has 0 aliphatic rings. The van der Waals surface area contributed by atoms with Crippen LogP contribution in [0, 0.1) is 5.92 Å². The molecular weight excluding hydrogens is 372 g/mol. The predicted octanol–water partition coefficient (Wildman–Crippen LogP) is 5.03. The Labute approximate surface area is 172 Å². The third-order valence-electron chi connectivity index (χ3n) is 3.87. The summed E-state index contributed by atoms with van der Waals surface area (Å²) >= 11 is 5.24. The van der Waals surface area contributed by atoms with Crippen LogP contribution in [0.25, 0.3) is 0 Å². The second-order valence-electron chi connectivity index (χ2n) is 6.84. The number of anilines is 1. The second kappa shape index (κ2) is 11.3. The van der Waals surface area contributed by atoms with Gasteiger partial charge < -0.3 is 14.8 Å². The molecule has 0 aromatic heterocycles. The minimum absolute atomic E-state index is 0.235. The summed E-state index contributed by atoms with van der Waals surface area (Å²) in [6.07, 6.45) is 1.92. The summed E-state index contributed by atoms with van der Waals surface area (Å²) in [4.78, 5) is 12.4. The van der Waals surface area contributed by atoms with E-state index < -0.39 is 0 Å². The van der Waals surface area contributed by atoms with Gasteiger partial charge in [0.1, 0.15) is 11.5 Å². The molecule has 150 valence electrons. The number of benzene rings is 2. The summed E-state index contributed by atoms with van der Waals surface area (Å²) in [5.74, 6) is 1.77. The van der Waals surface area contributed by atoms with Crippen molar-refractivity contribution in [1.29, 1.82) is 0 Å². The smallest absolute Gasteiger partial charge is 0.257 e. The number of thiocarbonyl (C=S) groups is 1. The highest BCUT2D eigenvalue weighted by molar-refractivity contribution is 7.80. The molecule has 0 bridgehead atoms. The minimum Gasteiger partial charge on any atom is -0.494 e. The Balaban J connectivity index is 1.87. The highest BCUT2D eigenvalue weighted by atomic mass is 32.1. The maximum absolute atomic E-state index is 12.4. The molecule has 0 atom stereocenters. The van der Waals surface area contributed by atoms with E-state index in [4.69, 9.17) is 21.7 Å². The first-order valence-electron chi connectivity index (χ1n) is 9.56. The first kappa shape index (κ1) is 21.7. The Morgan fingerprint density at radius 2 is 1.75 bits per heavy atom. The van der Waals surface area contributed by atoms with E-state index in [0.717, 1.165) is 24.3 Å². The van der Waals surface area contributed by atoms with Gasteiger partial charge in [0, 0.05) is 11.3 Å². The average molecular weight is 401 g/mol. The van der Waals surface area contributed by atoms with E-state index in [2.05, 4.69) is 31.4 Å². The number of rotatable bonds is 9. The van der Waals surface area contributed by atoms with E-state index >= 15 is 0 Å². The van der Waals surface area contributed by atoms with Crippen LogP contribution >= 0.6 is 12.2 Å². The third kappa shape index (κ3) is 7.56. The zero-order valence-corrected chi connectivity index (χ0v) is 17.5. The van der Waals surface area contributed by atoms with E-state index in [1.54, 1.807) is 18.2 Å². The number of hydrogen-bond acceptors (Lipinski definition) is 4. The van der Waals surface area contributed by atoms with Crippen LogP contribution < -0.4 is 20.1 Å². The van der Waals surface area contributed by atoms with Gasteiger partial charge in [-0.25, -0.2) is 0 Å². The van der Waals surface area contributed by atoms with Crippen molar-refractivity contribution in [3.05, 3.63) is 54.1 Å². The third-order valence-corrected chi connectivity index (χ3v) is 4.08. The molecule has 0 heterocycles. The molecule has 28 heavy (non-hydrogen) atoms. The lowest BCUT2D eigenvalue weighted by Gasteiger charge is -2.12. The number of amides is 1. The molecule has 0 radical (unpaired) electrons. The van der Waals surface area contributed by atoms with Crippen LogP contribution in [0.2, 0.25) is 0 Å². The van der Waals surface area contributed by atoms with Crippen LogP contribution in [0.5, 0.6) is 11.5 Å². The van der Waals surface area contributed by atoms with Crippen molar-refractivity contribution >= 4 is 28.9 Å². The monoisotopic (exact) mass is 400 g/mol. The van der Waals surface area contributed by atoms with Crippen LogP contribution in [-0.4, -0.2) is 24.2 Å². The standard InChI is InChI=1S/C22H28N2O3S/c1-4-13-26-19-10-8-18(9-11-19)23-22(28)24-21(25)17-6-5-7-20(15-17)27-14-12-16(2)3/h5-11,15-16H,4,12-14H2,1-3H3,(H2,23,24,25,28). The van der Waals surface area contributed by atoms with Gasteiger partial charge in [0.25, 0.3) is 5.91 Å². The molecule has 0 fully saturated rings. The Morgan fingerprint density at radius 1 is 1.04 bits per heavy atom. The summed E-state index contributed by atoms with van der Waals surface area (Å²) in [7, 11) is 0. The van der Waals surface area contributed by atoms with Crippen LogP contribution in [0.15, 0.2) is 48.5 Å². The maximum Gasteiger partial charge on any atom is 0.257 e. The molecule has 0 spiro atoms. The molecule has 0 aliphatic carbocycles. The van der Waals surface area contributed by atoms with Gasteiger partial charge in [0.15, 0.2) is 5.11 Å². The van der Waals surface area contributed by atoms with Crippen molar-refractivity contribution in [2.24, 2.45) is 5.92 Å². The number of hydrogen-bond donors (Lipinski definition) is 2. The van der Waals surface area contributed by atoms with Crippen molar-refractivity contribution in [2.45, 2.75) is 33.6 Å². The predicted molar refractivity (Wildman–Crippen MR) is 117 cm³/mol. The first-order chi connectivity index (χ1) is 13.5. The normalized spacial score (nSPS) is 10.4. The molecule has 5 nitrogen and oxygen atoms in total. The van der Waals surface area contributed by atoms with E-state index in [9.17, 15) is 4.79 Å². The van der Waals surface area contributed by atoms with Gasteiger partial charge in [0.05, 0.1) is 13.2 Å². The zero-order valence-electron chi connectivity index (χ0n) is 16.7. The molecule has 0 aliphatic heterocycles. The molecule has 2 N–H and O–H groups in total. The van der Waals surface area contributed by atoms with Gasteiger partial charge in [0.2, 0.25) is 0 Å². The molecule has 2 rings (SSSR count). The highest BCUT2D eigenvalue weighted by Gasteiger charge is 2.09. The lowest BCUT2D eigenvalue weighted by atomic mass is 10.1. The van der Waals surface area contributed by atoms with E-state index in [-0.39, 0.29) is 11.0 Å². The van der Waals surface area contributed by atoms with E-state index in [1.807, 2.05) is 30.3 Å². The average Bonchev–Trinajstić information content (AvgIpc) is 2.67. The van der Waals surface area contributed by atoms with Gasteiger partial charge in [-0.3, -0.25) is 10.1 Å². The highest BCUT2D eigenvalue weighted by Crippen LogP contribution is 2.17. The summed E-state index contributed by atoms with van der Waals surface area (Å²) in [6, 6.07) is 14.5. The van der Waals surface area contributed by atoms with Crippen LogP contribution in [0.1, 0.15) is 44.0 Å². The van der Waals surface area contributed by atoms with Gasteiger partial charge in [-0.1, -0.05) is 26.8 Å². The van der Waals surface area contributed by atoms with Gasteiger partial charge >= 0.3 is 0 Å². The number of carbonyl (C=O) groups is 1. The van der Waals surface area contributed by atoms with Crippen molar-refractivity contribution in [1.82, 2.24) is 5.32 Å². The Hall–Kier alpha value is -2.60. The first-order valence-corrected chi connectivity index (χ1v) is 9.96. The Kier molecular flexibility index (Phi) is 8.75. The van der Waals surface area contributed by atoms with Gasteiger partial charge in [-0.15, -0.1) is 0 Å². The zero-order chi connectivity index (χ0) is 20.4. The van der Waals surface area contributed by atoms with E-state index in [0.29, 0.717) is 30.4 Å². The Morgan fingerprint density at radius 3 is 2.43 bits per heavy atom.